The number of imide groups is 1. The van der Waals surface area contributed by atoms with Gasteiger partial charge in [0.2, 0.25) is 11.8 Å². The number of benzene rings is 2. The molecule has 37 heavy (non-hydrogen) atoms. The van der Waals surface area contributed by atoms with Crippen molar-refractivity contribution in [1.29, 1.82) is 0 Å². The molecular formula is C29H21ClFNO5. The predicted molar refractivity (Wildman–Crippen MR) is 133 cm³/mol. The Morgan fingerprint density at radius 3 is 2.46 bits per heavy atom. The Morgan fingerprint density at radius 1 is 1.00 bits per heavy atom. The van der Waals surface area contributed by atoms with E-state index >= 15 is 0 Å². The summed E-state index contributed by atoms with van der Waals surface area (Å²) >= 11 is 5.99. The largest absolute Gasteiger partial charge is 0.505 e. The van der Waals surface area contributed by atoms with Crippen LogP contribution in [-0.4, -0.2) is 28.5 Å². The Labute approximate surface area is 216 Å². The number of phenols is 1. The number of para-hydroxylation sites is 1. The monoisotopic (exact) mass is 517 g/mol. The summed E-state index contributed by atoms with van der Waals surface area (Å²) in [6, 6.07) is 10.5. The van der Waals surface area contributed by atoms with Gasteiger partial charge in [0.1, 0.15) is 0 Å². The summed E-state index contributed by atoms with van der Waals surface area (Å²) < 4.78 is 14.5. The zero-order valence-corrected chi connectivity index (χ0v) is 20.5. The maximum atomic E-state index is 14.5. The van der Waals surface area contributed by atoms with Crippen molar-refractivity contribution in [1.82, 2.24) is 0 Å². The number of amides is 2. The van der Waals surface area contributed by atoms with E-state index in [0.29, 0.717) is 16.3 Å². The summed E-state index contributed by atoms with van der Waals surface area (Å²) in [5.41, 5.74) is 1.93. The number of carbonyl (C=O) groups excluding carboxylic acids is 4. The highest BCUT2D eigenvalue weighted by Gasteiger charge is 2.56. The van der Waals surface area contributed by atoms with Gasteiger partial charge in [0, 0.05) is 33.2 Å². The normalized spacial score (nSPS) is 27.1. The topological polar surface area (TPSA) is 91.8 Å². The molecule has 1 aliphatic heterocycles. The van der Waals surface area contributed by atoms with Gasteiger partial charge in [-0.25, -0.2) is 4.39 Å². The van der Waals surface area contributed by atoms with E-state index in [1.807, 2.05) is 6.08 Å². The van der Waals surface area contributed by atoms with Gasteiger partial charge in [0.15, 0.2) is 23.1 Å². The molecule has 8 heteroatoms. The van der Waals surface area contributed by atoms with E-state index in [2.05, 4.69) is 0 Å². The van der Waals surface area contributed by atoms with E-state index < -0.39 is 35.2 Å². The highest BCUT2D eigenvalue weighted by Crippen LogP contribution is 2.56. The van der Waals surface area contributed by atoms with E-state index in [4.69, 9.17) is 11.6 Å². The number of halogens is 2. The smallest absolute Gasteiger partial charge is 0.238 e. The highest BCUT2D eigenvalue weighted by atomic mass is 35.5. The fourth-order valence-corrected chi connectivity index (χ4v) is 6.45. The van der Waals surface area contributed by atoms with Gasteiger partial charge in [-0.1, -0.05) is 35.4 Å². The zero-order valence-electron chi connectivity index (χ0n) is 19.7. The van der Waals surface area contributed by atoms with Crippen molar-refractivity contribution in [3.8, 4) is 5.75 Å². The molecule has 2 aromatic rings. The lowest BCUT2D eigenvalue weighted by Crippen LogP contribution is -2.39. The molecule has 0 aromatic heterocycles. The fourth-order valence-electron chi connectivity index (χ4n) is 6.33. The minimum atomic E-state index is -0.905. The number of anilines is 1. The van der Waals surface area contributed by atoms with Crippen molar-refractivity contribution < 1.29 is 28.7 Å². The molecule has 6 nitrogen and oxygen atoms in total. The van der Waals surface area contributed by atoms with Crippen molar-refractivity contribution >= 4 is 40.7 Å². The van der Waals surface area contributed by atoms with Crippen LogP contribution in [0.4, 0.5) is 10.1 Å². The summed E-state index contributed by atoms with van der Waals surface area (Å²) in [6.07, 6.45) is 3.46. The van der Waals surface area contributed by atoms with Crippen LogP contribution < -0.4 is 4.90 Å². The highest BCUT2D eigenvalue weighted by molar-refractivity contribution is 6.31. The van der Waals surface area contributed by atoms with Gasteiger partial charge < -0.3 is 5.11 Å². The third-order valence-electron chi connectivity index (χ3n) is 7.98. The average molecular weight is 518 g/mol. The third-order valence-corrected chi connectivity index (χ3v) is 8.23. The number of phenolic OH excluding ortho intramolecular Hbond substituents is 1. The SMILES string of the molecule is CC1=CC(=O)C2=C(C1=O)[C@@H](c1cccc(F)c1O)C1=CC[C@@H]3C(=O)N(c4ccc(Cl)cc4)C(=O)[C@@H]3[C@@H]1C2. The number of nitrogens with zero attached hydrogens (tertiary/aromatic N) is 1. The summed E-state index contributed by atoms with van der Waals surface area (Å²) in [5.74, 6) is -5.73. The lowest BCUT2D eigenvalue weighted by molar-refractivity contribution is -0.123. The molecular weight excluding hydrogens is 497 g/mol. The number of fused-ring (bicyclic) bond motifs is 3. The van der Waals surface area contributed by atoms with E-state index in [9.17, 15) is 28.7 Å². The van der Waals surface area contributed by atoms with Crippen LogP contribution in [-0.2, 0) is 19.2 Å². The van der Waals surface area contributed by atoms with Crippen molar-refractivity contribution in [3.05, 3.63) is 93.3 Å². The average Bonchev–Trinajstić information content (AvgIpc) is 3.13. The van der Waals surface area contributed by atoms with Gasteiger partial charge >= 0.3 is 0 Å². The van der Waals surface area contributed by atoms with Crippen LogP contribution >= 0.6 is 11.6 Å². The van der Waals surface area contributed by atoms with Gasteiger partial charge in [0.05, 0.1) is 17.5 Å². The first-order chi connectivity index (χ1) is 17.7. The number of carbonyl (C=O) groups is 4. The summed E-state index contributed by atoms with van der Waals surface area (Å²) in [7, 11) is 0. The molecule has 3 aliphatic carbocycles. The second-order valence-electron chi connectivity index (χ2n) is 9.89. The first-order valence-electron chi connectivity index (χ1n) is 12.0. The number of rotatable bonds is 2. The number of ketones is 2. The molecule has 4 atom stereocenters. The van der Waals surface area contributed by atoms with Crippen LogP contribution in [0.1, 0.15) is 31.2 Å². The lowest BCUT2D eigenvalue weighted by Gasteiger charge is -2.42. The Hall–Kier alpha value is -3.84. The van der Waals surface area contributed by atoms with Crippen molar-refractivity contribution in [3.63, 3.8) is 0 Å². The van der Waals surface area contributed by atoms with Crippen LogP contribution in [0.2, 0.25) is 5.02 Å². The van der Waals surface area contributed by atoms with Crippen LogP contribution in [0, 0.1) is 23.6 Å². The van der Waals surface area contributed by atoms with Gasteiger partial charge in [0.25, 0.3) is 0 Å². The molecule has 186 valence electrons. The first-order valence-corrected chi connectivity index (χ1v) is 12.4. The molecule has 1 fully saturated rings. The van der Waals surface area contributed by atoms with Crippen molar-refractivity contribution in [2.75, 3.05) is 4.90 Å². The van der Waals surface area contributed by atoms with Crippen molar-refractivity contribution in [2.24, 2.45) is 17.8 Å². The number of aromatic hydroxyl groups is 1. The molecule has 0 saturated carbocycles. The van der Waals surface area contributed by atoms with Crippen LogP contribution in [0.25, 0.3) is 0 Å². The van der Waals surface area contributed by atoms with Gasteiger partial charge in [-0.3, -0.25) is 24.1 Å². The summed E-state index contributed by atoms with van der Waals surface area (Å²) in [4.78, 5) is 54.8. The molecule has 0 bridgehead atoms. The molecule has 6 rings (SSSR count). The lowest BCUT2D eigenvalue weighted by atomic mass is 9.59. The van der Waals surface area contributed by atoms with Crippen LogP contribution in [0.15, 0.2) is 76.9 Å². The van der Waals surface area contributed by atoms with Crippen molar-refractivity contribution in [2.45, 2.75) is 25.7 Å². The van der Waals surface area contributed by atoms with E-state index in [1.54, 1.807) is 31.2 Å². The number of allylic oxidation sites excluding steroid dienone is 6. The van der Waals surface area contributed by atoms with Gasteiger partial charge in [-0.05, 0) is 62.1 Å². The Kier molecular flexibility index (Phi) is 5.31. The van der Waals surface area contributed by atoms with Gasteiger partial charge in [-0.15, -0.1) is 0 Å². The third kappa shape index (κ3) is 3.37. The molecule has 4 aliphatic rings. The quantitative estimate of drug-likeness (QED) is 0.350. The fraction of sp³-hybridized carbons (Fsp3) is 0.241. The Morgan fingerprint density at radius 2 is 1.73 bits per heavy atom. The number of hydrogen-bond donors (Lipinski definition) is 1. The molecule has 2 amide bonds. The maximum absolute atomic E-state index is 14.5. The van der Waals surface area contributed by atoms with Crippen LogP contribution in [0.5, 0.6) is 5.75 Å². The first kappa shape index (κ1) is 23.6. The standard InChI is InChI=1S/C29H21ClFNO5/c1-13-11-22(33)20-12-19-16(23(25(20)26(13)34)17-3-2-4-21(31)27(17)35)9-10-18-24(19)29(37)32(28(18)36)15-7-5-14(30)6-8-15/h2-9,11,18-19,23-24,35H,10,12H2,1H3/t18-,19+,23+,24-/m0/s1. The minimum absolute atomic E-state index is 0.108. The number of hydrogen-bond acceptors (Lipinski definition) is 5. The van der Waals surface area contributed by atoms with E-state index in [-0.39, 0.29) is 58.5 Å². The minimum Gasteiger partial charge on any atom is -0.505 e. The molecule has 0 unspecified atom stereocenters. The summed E-state index contributed by atoms with van der Waals surface area (Å²) in [6.45, 7) is 1.55. The second-order valence-corrected chi connectivity index (χ2v) is 10.3. The molecule has 0 spiro atoms. The molecule has 1 N–H and O–H groups in total. The zero-order chi connectivity index (χ0) is 26.2. The van der Waals surface area contributed by atoms with E-state index in [1.165, 1.54) is 23.1 Å². The molecule has 0 radical (unpaired) electrons. The predicted octanol–water partition coefficient (Wildman–Crippen LogP) is 4.82. The number of Topliss-reactive ketones (excluding diaryl/α,β-unsaturated/α-hetero) is 1. The maximum Gasteiger partial charge on any atom is 0.238 e. The second kappa shape index (κ2) is 8.35. The molecule has 2 aromatic carbocycles. The summed E-state index contributed by atoms with van der Waals surface area (Å²) in [5, 5.41) is 11.1. The molecule has 1 heterocycles. The Balaban J connectivity index is 1.50. The molecule has 1 saturated heterocycles. The van der Waals surface area contributed by atoms with Gasteiger partial charge in [-0.2, -0.15) is 0 Å². The van der Waals surface area contributed by atoms with E-state index in [0.717, 1.165) is 6.07 Å². The Bertz CT molecular complexity index is 1520. The van der Waals surface area contributed by atoms with Crippen LogP contribution in [0.3, 0.4) is 0 Å².